The van der Waals surface area contributed by atoms with Gasteiger partial charge in [0.05, 0.1) is 11.3 Å². The van der Waals surface area contributed by atoms with Gasteiger partial charge in [-0.25, -0.2) is 0 Å². The van der Waals surface area contributed by atoms with Crippen molar-refractivity contribution in [2.75, 3.05) is 11.4 Å². The van der Waals surface area contributed by atoms with Crippen molar-refractivity contribution in [2.24, 2.45) is 0 Å². The molecule has 21 heavy (non-hydrogen) atoms. The molecule has 114 valence electrons. The number of carbonyl (C=O) groups is 2. The quantitative estimate of drug-likeness (QED) is 0.519. The Kier molecular flexibility index (Phi) is 5.80. The van der Waals surface area contributed by atoms with E-state index in [1.54, 1.807) is 23.1 Å². The topological polar surface area (TPSA) is 37.4 Å². The normalized spacial score (nSPS) is 13.9. The molecule has 0 unspecified atom stereocenters. The summed E-state index contributed by atoms with van der Waals surface area (Å²) in [7, 11) is 0. The van der Waals surface area contributed by atoms with Crippen LogP contribution in [0.1, 0.15) is 62.2 Å². The smallest absolute Gasteiger partial charge is 0.299 e. The summed E-state index contributed by atoms with van der Waals surface area (Å²) in [6.07, 6.45) is 8.30. The second-order valence-electron chi connectivity index (χ2n) is 5.57. The first-order chi connectivity index (χ1) is 10.1. The van der Waals surface area contributed by atoms with Crippen LogP contribution in [0.5, 0.6) is 0 Å². The minimum atomic E-state index is -0.418. The number of amides is 1. The van der Waals surface area contributed by atoms with Crippen LogP contribution in [0.15, 0.2) is 18.2 Å². The standard InChI is InChI=1S/C17H22ClNO2/c1-2-3-4-5-6-7-8-11-19-15-12-13(18)9-10-14(15)16(20)17(19)21/h9-10,12H,2-8,11H2,1H3. The number of carbonyl (C=O) groups excluding carboxylic acids is 2. The van der Waals surface area contributed by atoms with Crippen LogP contribution in [0.2, 0.25) is 5.02 Å². The van der Waals surface area contributed by atoms with Crippen LogP contribution >= 0.6 is 11.6 Å². The number of anilines is 1. The molecule has 0 bridgehead atoms. The molecule has 1 amide bonds. The molecule has 3 nitrogen and oxygen atoms in total. The Morgan fingerprint density at radius 3 is 2.38 bits per heavy atom. The van der Waals surface area contributed by atoms with Gasteiger partial charge >= 0.3 is 0 Å². The van der Waals surface area contributed by atoms with Gasteiger partial charge in [-0.3, -0.25) is 9.59 Å². The van der Waals surface area contributed by atoms with Gasteiger partial charge in [0.25, 0.3) is 11.7 Å². The molecule has 0 aromatic heterocycles. The van der Waals surface area contributed by atoms with Gasteiger partial charge in [0.2, 0.25) is 0 Å². The first kappa shape index (κ1) is 16.0. The Morgan fingerprint density at radius 2 is 1.67 bits per heavy atom. The molecule has 0 atom stereocenters. The number of benzene rings is 1. The van der Waals surface area contributed by atoms with Crippen molar-refractivity contribution in [1.82, 2.24) is 0 Å². The number of unbranched alkanes of at least 4 members (excludes halogenated alkanes) is 6. The van der Waals surface area contributed by atoms with Gasteiger partial charge in [-0.1, -0.05) is 57.0 Å². The molecule has 1 aromatic rings. The number of nitrogens with zero attached hydrogens (tertiary/aromatic N) is 1. The fourth-order valence-electron chi connectivity index (χ4n) is 2.72. The van der Waals surface area contributed by atoms with Crippen LogP contribution in [-0.4, -0.2) is 18.2 Å². The van der Waals surface area contributed by atoms with Crippen molar-refractivity contribution >= 4 is 29.0 Å². The van der Waals surface area contributed by atoms with Gasteiger partial charge < -0.3 is 4.90 Å². The molecule has 0 N–H and O–H groups in total. The zero-order chi connectivity index (χ0) is 15.2. The highest BCUT2D eigenvalue weighted by Gasteiger charge is 2.35. The second-order valence-corrected chi connectivity index (χ2v) is 6.01. The fourth-order valence-corrected chi connectivity index (χ4v) is 2.88. The maximum absolute atomic E-state index is 12.0. The van der Waals surface area contributed by atoms with Gasteiger partial charge in [-0.2, -0.15) is 0 Å². The molecule has 0 fully saturated rings. The van der Waals surface area contributed by atoms with Crippen LogP contribution in [0.3, 0.4) is 0 Å². The number of halogens is 1. The maximum atomic E-state index is 12.0. The first-order valence-electron chi connectivity index (χ1n) is 7.81. The summed E-state index contributed by atoms with van der Waals surface area (Å²) in [5.41, 5.74) is 1.15. The lowest BCUT2D eigenvalue weighted by Gasteiger charge is -2.16. The van der Waals surface area contributed by atoms with Crippen LogP contribution in [-0.2, 0) is 4.79 Å². The Morgan fingerprint density at radius 1 is 1.00 bits per heavy atom. The Balaban J connectivity index is 1.85. The highest BCUT2D eigenvalue weighted by atomic mass is 35.5. The SMILES string of the molecule is CCCCCCCCCN1C(=O)C(=O)c2ccc(Cl)cc21. The Labute approximate surface area is 131 Å². The number of hydrogen-bond donors (Lipinski definition) is 0. The number of rotatable bonds is 8. The highest BCUT2D eigenvalue weighted by molar-refractivity contribution is 6.52. The number of Topliss-reactive ketones (excluding diaryl/α,β-unsaturated/α-hetero) is 1. The van der Waals surface area contributed by atoms with E-state index in [2.05, 4.69) is 6.92 Å². The van der Waals surface area contributed by atoms with Crippen molar-refractivity contribution in [3.05, 3.63) is 28.8 Å². The summed E-state index contributed by atoms with van der Waals surface area (Å²) < 4.78 is 0. The molecular formula is C17H22ClNO2. The molecule has 0 saturated heterocycles. The molecule has 1 aliphatic rings. The third-order valence-electron chi connectivity index (χ3n) is 3.92. The Bertz CT molecular complexity index is 528. The molecule has 1 aromatic carbocycles. The minimum absolute atomic E-state index is 0.412. The first-order valence-corrected chi connectivity index (χ1v) is 8.18. The van der Waals surface area contributed by atoms with Crippen molar-refractivity contribution in [3.8, 4) is 0 Å². The van der Waals surface area contributed by atoms with Crippen LogP contribution in [0.4, 0.5) is 5.69 Å². The van der Waals surface area contributed by atoms with E-state index in [0.29, 0.717) is 22.8 Å². The zero-order valence-corrected chi connectivity index (χ0v) is 13.3. The third-order valence-corrected chi connectivity index (χ3v) is 4.15. The van der Waals surface area contributed by atoms with Gasteiger partial charge in [0.15, 0.2) is 0 Å². The maximum Gasteiger partial charge on any atom is 0.299 e. The van der Waals surface area contributed by atoms with Crippen LogP contribution in [0.25, 0.3) is 0 Å². The monoisotopic (exact) mass is 307 g/mol. The summed E-state index contributed by atoms with van der Waals surface area (Å²) in [6.45, 7) is 2.81. The van der Waals surface area contributed by atoms with Crippen molar-refractivity contribution in [2.45, 2.75) is 51.9 Å². The third kappa shape index (κ3) is 3.85. The number of hydrogen-bond acceptors (Lipinski definition) is 2. The molecule has 0 spiro atoms. The van der Waals surface area contributed by atoms with Crippen LogP contribution < -0.4 is 4.90 Å². The summed E-state index contributed by atoms with van der Waals surface area (Å²) in [6, 6.07) is 5.01. The van der Waals surface area contributed by atoms with Crippen molar-refractivity contribution in [3.63, 3.8) is 0 Å². The fraction of sp³-hybridized carbons (Fsp3) is 0.529. The molecular weight excluding hydrogens is 286 g/mol. The van der Waals surface area contributed by atoms with Crippen molar-refractivity contribution in [1.29, 1.82) is 0 Å². The molecule has 0 saturated carbocycles. The van der Waals surface area contributed by atoms with E-state index in [-0.39, 0.29) is 0 Å². The van der Waals surface area contributed by atoms with Crippen molar-refractivity contribution < 1.29 is 9.59 Å². The lowest BCUT2D eigenvalue weighted by Crippen LogP contribution is -2.30. The predicted molar refractivity (Wildman–Crippen MR) is 86.1 cm³/mol. The zero-order valence-electron chi connectivity index (χ0n) is 12.5. The van der Waals surface area contributed by atoms with Gasteiger partial charge in [0, 0.05) is 11.6 Å². The van der Waals surface area contributed by atoms with E-state index in [1.165, 1.54) is 32.1 Å². The predicted octanol–water partition coefficient (Wildman–Crippen LogP) is 4.62. The van der Waals surface area contributed by atoms with E-state index in [1.807, 2.05) is 0 Å². The van der Waals surface area contributed by atoms with E-state index < -0.39 is 11.7 Å². The number of ketones is 1. The van der Waals surface area contributed by atoms with E-state index in [9.17, 15) is 9.59 Å². The largest absolute Gasteiger partial charge is 0.305 e. The lowest BCUT2D eigenvalue weighted by molar-refractivity contribution is -0.114. The molecule has 2 rings (SSSR count). The molecule has 1 heterocycles. The van der Waals surface area contributed by atoms with E-state index >= 15 is 0 Å². The molecule has 4 heteroatoms. The molecule has 0 radical (unpaired) electrons. The second kappa shape index (κ2) is 7.60. The minimum Gasteiger partial charge on any atom is -0.305 e. The summed E-state index contributed by atoms with van der Waals surface area (Å²) >= 11 is 5.97. The average Bonchev–Trinajstić information content (AvgIpc) is 2.70. The summed E-state index contributed by atoms with van der Waals surface area (Å²) in [4.78, 5) is 25.5. The average molecular weight is 308 g/mol. The Hall–Kier alpha value is -1.35. The molecule has 0 aliphatic carbocycles. The van der Waals surface area contributed by atoms with Gasteiger partial charge in [-0.15, -0.1) is 0 Å². The molecule has 1 aliphatic heterocycles. The summed E-state index contributed by atoms with van der Waals surface area (Å²) in [5, 5.41) is 0.556. The van der Waals surface area contributed by atoms with Gasteiger partial charge in [-0.05, 0) is 24.6 Å². The lowest BCUT2D eigenvalue weighted by atomic mass is 10.1. The van der Waals surface area contributed by atoms with Crippen LogP contribution in [0, 0.1) is 0 Å². The summed E-state index contributed by atoms with van der Waals surface area (Å²) in [5.74, 6) is -0.831. The van der Waals surface area contributed by atoms with Gasteiger partial charge in [0.1, 0.15) is 0 Å². The number of fused-ring (bicyclic) bond motifs is 1. The van der Waals surface area contributed by atoms with E-state index in [4.69, 9.17) is 11.6 Å². The van der Waals surface area contributed by atoms with E-state index in [0.717, 1.165) is 12.8 Å². The highest BCUT2D eigenvalue weighted by Crippen LogP contribution is 2.31.